The lowest BCUT2D eigenvalue weighted by Crippen LogP contribution is -2.00. The Morgan fingerprint density at radius 1 is 1.00 bits per heavy atom. The van der Waals surface area contributed by atoms with Crippen molar-refractivity contribution < 1.29 is 14.9 Å². The average molecular weight is 323 g/mol. The van der Waals surface area contributed by atoms with Gasteiger partial charge in [-0.05, 0) is 47.4 Å². The van der Waals surface area contributed by atoms with Gasteiger partial charge < -0.3 is 5.11 Å². The van der Waals surface area contributed by atoms with Gasteiger partial charge >= 0.3 is 0 Å². The van der Waals surface area contributed by atoms with Crippen LogP contribution in [0, 0.1) is 6.92 Å². The summed E-state index contributed by atoms with van der Waals surface area (Å²) in [6.07, 6.45) is 0.726. The standard InChI is InChI=1S/C20H21NO3/c1-14-3-6-17-11-19(16-7-4-15(13-22)5-8-16)12-18(20(17)21-14)9-10-24-23-2/h3-8,11-12,22H,9-10,13H2,1-2H3. The number of aromatic nitrogens is 1. The van der Waals surface area contributed by atoms with Gasteiger partial charge in [0.05, 0.1) is 25.8 Å². The minimum Gasteiger partial charge on any atom is -0.392 e. The quantitative estimate of drug-likeness (QED) is 0.426. The number of pyridine rings is 1. The first kappa shape index (κ1) is 16.6. The number of benzene rings is 2. The van der Waals surface area contributed by atoms with Gasteiger partial charge in [0.1, 0.15) is 0 Å². The second-order valence-corrected chi connectivity index (χ2v) is 5.75. The van der Waals surface area contributed by atoms with Crippen LogP contribution in [0.5, 0.6) is 0 Å². The molecule has 0 atom stereocenters. The highest BCUT2D eigenvalue weighted by Gasteiger charge is 2.08. The van der Waals surface area contributed by atoms with E-state index in [-0.39, 0.29) is 6.61 Å². The van der Waals surface area contributed by atoms with Crippen LogP contribution >= 0.6 is 0 Å². The normalized spacial score (nSPS) is 11.1. The van der Waals surface area contributed by atoms with Crippen molar-refractivity contribution in [3.05, 3.63) is 65.4 Å². The molecule has 0 fully saturated rings. The molecule has 0 aliphatic heterocycles. The number of fused-ring (bicyclic) bond motifs is 1. The van der Waals surface area contributed by atoms with E-state index >= 15 is 0 Å². The summed E-state index contributed by atoms with van der Waals surface area (Å²) in [4.78, 5) is 14.4. The number of aryl methyl sites for hydroxylation is 1. The Bertz CT molecular complexity index is 828. The molecule has 0 unspecified atom stereocenters. The molecule has 0 radical (unpaired) electrons. The molecule has 0 aliphatic carbocycles. The number of aliphatic hydroxyl groups excluding tert-OH is 1. The smallest absolute Gasteiger partial charge is 0.0863 e. The number of hydrogen-bond acceptors (Lipinski definition) is 4. The van der Waals surface area contributed by atoms with E-state index in [0.29, 0.717) is 6.61 Å². The molecule has 2 aromatic carbocycles. The minimum atomic E-state index is 0.0564. The molecule has 0 spiro atoms. The third-order valence-corrected chi connectivity index (χ3v) is 4.05. The van der Waals surface area contributed by atoms with Crippen molar-refractivity contribution in [2.45, 2.75) is 20.0 Å². The predicted octanol–water partition coefficient (Wildman–Crippen LogP) is 3.82. The van der Waals surface area contributed by atoms with Crippen LogP contribution in [-0.4, -0.2) is 23.8 Å². The van der Waals surface area contributed by atoms with Gasteiger partial charge in [0, 0.05) is 17.5 Å². The van der Waals surface area contributed by atoms with E-state index in [0.717, 1.165) is 45.3 Å². The lowest BCUT2D eigenvalue weighted by Gasteiger charge is -2.11. The molecule has 1 N–H and O–H groups in total. The van der Waals surface area contributed by atoms with E-state index in [1.807, 2.05) is 37.3 Å². The van der Waals surface area contributed by atoms with Crippen molar-refractivity contribution in [1.29, 1.82) is 0 Å². The summed E-state index contributed by atoms with van der Waals surface area (Å²) in [5.74, 6) is 0. The van der Waals surface area contributed by atoms with Crippen LogP contribution in [-0.2, 0) is 22.8 Å². The van der Waals surface area contributed by atoms with E-state index in [2.05, 4.69) is 23.2 Å². The molecular weight excluding hydrogens is 302 g/mol. The molecule has 4 nitrogen and oxygen atoms in total. The SMILES string of the molecule is COOCCc1cc(-c2ccc(CO)cc2)cc2ccc(C)nc12. The maximum absolute atomic E-state index is 9.20. The summed E-state index contributed by atoms with van der Waals surface area (Å²) in [7, 11) is 1.51. The minimum absolute atomic E-state index is 0.0564. The molecule has 0 saturated carbocycles. The van der Waals surface area contributed by atoms with Gasteiger partial charge in [0.15, 0.2) is 0 Å². The monoisotopic (exact) mass is 323 g/mol. The van der Waals surface area contributed by atoms with Crippen molar-refractivity contribution >= 4 is 10.9 Å². The van der Waals surface area contributed by atoms with E-state index in [4.69, 9.17) is 9.78 Å². The van der Waals surface area contributed by atoms with Gasteiger partial charge in [-0.3, -0.25) is 4.98 Å². The highest BCUT2D eigenvalue weighted by molar-refractivity contribution is 5.87. The molecule has 3 rings (SSSR count). The van der Waals surface area contributed by atoms with Crippen LogP contribution in [0.1, 0.15) is 16.8 Å². The van der Waals surface area contributed by atoms with Gasteiger partial charge in [-0.15, -0.1) is 0 Å². The fraction of sp³-hybridized carbons (Fsp3) is 0.250. The highest BCUT2D eigenvalue weighted by Crippen LogP contribution is 2.28. The average Bonchev–Trinajstić information content (AvgIpc) is 2.62. The molecule has 124 valence electrons. The molecule has 24 heavy (non-hydrogen) atoms. The van der Waals surface area contributed by atoms with Gasteiger partial charge in [0.25, 0.3) is 0 Å². The Morgan fingerprint density at radius 3 is 2.50 bits per heavy atom. The number of nitrogens with zero attached hydrogens (tertiary/aromatic N) is 1. The topological polar surface area (TPSA) is 51.6 Å². The van der Waals surface area contributed by atoms with E-state index in [1.54, 1.807) is 0 Å². The van der Waals surface area contributed by atoms with Gasteiger partial charge in [-0.1, -0.05) is 30.3 Å². The van der Waals surface area contributed by atoms with Gasteiger partial charge in [-0.25, -0.2) is 9.78 Å². The first-order valence-corrected chi connectivity index (χ1v) is 7.97. The number of aliphatic hydroxyl groups is 1. The second-order valence-electron chi connectivity index (χ2n) is 5.75. The third kappa shape index (κ3) is 3.62. The zero-order chi connectivity index (χ0) is 16.9. The highest BCUT2D eigenvalue weighted by atomic mass is 17.2. The van der Waals surface area contributed by atoms with Crippen LogP contribution in [0.2, 0.25) is 0 Å². The van der Waals surface area contributed by atoms with Crippen molar-refractivity contribution in [1.82, 2.24) is 4.98 Å². The molecule has 1 aromatic heterocycles. The largest absolute Gasteiger partial charge is 0.392 e. The van der Waals surface area contributed by atoms with E-state index in [9.17, 15) is 5.11 Å². The van der Waals surface area contributed by atoms with Crippen molar-refractivity contribution in [3.8, 4) is 11.1 Å². The lowest BCUT2D eigenvalue weighted by molar-refractivity contribution is -0.271. The third-order valence-electron chi connectivity index (χ3n) is 4.05. The molecule has 0 saturated heterocycles. The Kier molecular flexibility index (Phi) is 5.20. The molecule has 0 amide bonds. The van der Waals surface area contributed by atoms with Crippen molar-refractivity contribution in [3.63, 3.8) is 0 Å². The molecular formula is C20H21NO3. The van der Waals surface area contributed by atoms with Crippen LogP contribution < -0.4 is 0 Å². The molecule has 4 heteroatoms. The van der Waals surface area contributed by atoms with E-state index < -0.39 is 0 Å². The fourth-order valence-corrected chi connectivity index (χ4v) is 2.80. The fourth-order valence-electron chi connectivity index (χ4n) is 2.80. The van der Waals surface area contributed by atoms with Gasteiger partial charge in [0.2, 0.25) is 0 Å². The molecule has 0 bridgehead atoms. The zero-order valence-corrected chi connectivity index (χ0v) is 14.0. The maximum Gasteiger partial charge on any atom is 0.0863 e. The first-order chi connectivity index (χ1) is 11.7. The zero-order valence-electron chi connectivity index (χ0n) is 14.0. The summed E-state index contributed by atoms with van der Waals surface area (Å²) in [5, 5.41) is 10.3. The summed E-state index contributed by atoms with van der Waals surface area (Å²) in [5.41, 5.74) is 6.29. The Labute approximate surface area is 141 Å². The summed E-state index contributed by atoms with van der Waals surface area (Å²) >= 11 is 0. The first-order valence-electron chi connectivity index (χ1n) is 7.97. The van der Waals surface area contributed by atoms with Crippen molar-refractivity contribution in [2.75, 3.05) is 13.7 Å². The Hall–Kier alpha value is -2.27. The van der Waals surface area contributed by atoms with Crippen LogP contribution in [0.4, 0.5) is 0 Å². The number of hydrogen-bond donors (Lipinski definition) is 1. The molecule has 3 aromatic rings. The number of rotatable bonds is 6. The molecule has 1 heterocycles. The Balaban J connectivity index is 2.05. The summed E-state index contributed by atoms with van der Waals surface area (Å²) in [6, 6.07) is 16.4. The summed E-state index contributed by atoms with van der Waals surface area (Å²) < 4.78 is 0. The molecule has 0 aliphatic rings. The lowest BCUT2D eigenvalue weighted by atomic mass is 9.97. The second kappa shape index (κ2) is 7.53. The van der Waals surface area contributed by atoms with Crippen LogP contribution in [0.15, 0.2) is 48.5 Å². The van der Waals surface area contributed by atoms with E-state index in [1.165, 1.54) is 7.11 Å². The predicted molar refractivity (Wildman–Crippen MR) is 94.5 cm³/mol. The van der Waals surface area contributed by atoms with Gasteiger partial charge in [-0.2, -0.15) is 0 Å². The van der Waals surface area contributed by atoms with Crippen molar-refractivity contribution in [2.24, 2.45) is 0 Å². The Morgan fingerprint density at radius 2 is 1.79 bits per heavy atom. The van der Waals surface area contributed by atoms with Crippen LogP contribution in [0.25, 0.3) is 22.0 Å². The summed E-state index contributed by atoms with van der Waals surface area (Å²) in [6.45, 7) is 2.53. The maximum atomic E-state index is 9.20. The van der Waals surface area contributed by atoms with Crippen LogP contribution in [0.3, 0.4) is 0 Å².